The highest BCUT2D eigenvalue weighted by Crippen LogP contribution is 2.24. The maximum Gasteiger partial charge on any atom is 0.328 e. The number of hydrogen-bond acceptors (Lipinski definition) is 3. The van der Waals surface area contributed by atoms with Gasteiger partial charge in [0.25, 0.3) is 0 Å². The smallest absolute Gasteiger partial charge is 0.328 e. The molecule has 1 rings (SSSR count). The van der Waals surface area contributed by atoms with Gasteiger partial charge in [-0.3, -0.25) is 0 Å². The van der Waals surface area contributed by atoms with E-state index in [-0.39, 0.29) is 11.5 Å². The van der Waals surface area contributed by atoms with Crippen LogP contribution < -0.4 is 14.7 Å². The highest BCUT2D eigenvalue weighted by Gasteiger charge is 2.22. The van der Waals surface area contributed by atoms with E-state index in [9.17, 15) is 9.90 Å². The molecule has 1 unspecified atom stereocenters. The van der Waals surface area contributed by atoms with Crippen molar-refractivity contribution in [2.45, 2.75) is 46.2 Å². The molecule has 1 atom stereocenters. The van der Waals surface area contributed by atoms with Gasteiger partial charge in [-0.1, -0.05) is 17.9 Å². The largest absolute Gasteiger partial charge is 0.870 e. The van der Waals surface area contributed by atoms with Crippen LogP contribution in [0.4, 0.5) is 0 Å². The lowest BCUT2D eigenvalue weighted by Gasteiger charge is -2.31. The van der Waals surface area contributed by atoms with Crippen molar-refractivity contribution >= 4 is 12.0 Å². The summed E-state index contributed by atoms with van der Waals surface area (Å²) in [5.41, 5.74) is 1.01. The molecule has 23 heavy (non-hydrogen) atoms. The number of quaternary nitrogens is 1. The molecule has 0 aliphatic carbocycles. The van der Waals surface area contributed by atoms with Crippen molar-refractivity contribution in [1.29, 1.82) is 0 Å². The molecule has 5 heteroatoms. The van der Waals surface area contributed by atoms with E-state index in [1.807, 2.05) is 0 Å². The molecule has 0 spiro atoms. The molecule has 0 saturated heterocycles. The van der Waals surface area contributed by atoms with Gasteiger partial charge in [-0.2, -0.15) is 0 Å². The van der Waals surface area contributed by atoms with Crippen LogP contribution in [0.3, 0.4) is 0 Å². The molecule has 0 aromatic heterocycles. The predicted molar refractivity (Wildman–Crippen MR) is 90.9 cm³/mol. The second-order valence-electron chi connectivity index (χ2n) is 6.67. The van der Waals surface area contributed by atoms with Crippen molar-refractivity contribution in [3.63, 3.8) is 0 Å². The number of carboxylic acid groups (broad SMARTS) is 1. The fourth-order valence-electron chi connectivity index (χ4n) is 1.82. The molecular weight excluding hydrogens is 294 g/mol. The Balaban J connectivity index is 0.000000468. The average Bonchev–Trinajstić information content (AvgIpc) is 2.45. The molecule has 2 N–H and O–H groups in total. The molecular formula is C18H29NO4. The third-order valence-corrected chi connectivity index (χ3v) is 3.66. The van der Waals surface area contributed by atoms with E-state index in [0.717, 1.165) is 12.1 Å². The summed E-state index contributed by atoms with van der Waals surface area (Å²) in [6.07, 6.45) is 2.39. The zero-order valence-corrected chi connectivity index (χ0v) is 15.1. The van der Waals surface area contributed by atoms with Crippen LogP contribution in [-0.4, -0.2) is 36.8 Å². The summed E-state index contributed by atoms with van der Waals surface area (Å²) in [7, 11) is 3.63. The van der Waals surface area contributed by atoms with E-state index in [1.165, 1.54) is 31.4 Å². The summed E-state index contributed by atoms with van der Waals surface area (Å²) in [6, 6.07) is 5.08. The maximum absolute atomic E-state index is 11.1. The van der Waals surface area contributed by atoms with E-state index in [1.54, 1.807) is 4.90 Å². The Bertz CT molecular complexity index is 530. The van der Waals surface area contributed by atoms with Crippen molar-refractivity contribution in [3.8, 4) is 11.5 Å². The van der Waals surface area contributed by atoms with Gasteiger partial charge in [0.2, 0.25) is 0 Å². The Morgan fingerprint density at radius 3 is 2.26 bits per heavy atom. The standard InChI is InChI=1S/C10H10O4.C8H19N/c1-14-9-6-7(2-4-8(9)11)3-5-10(12)13;1-7(2)9(6)8(3,4)5/h2-6,11H,1H3,(H,12,13);7H,1-6H3/b5-3+;. The van der Waals surface area contributed by atoms with E-state index in [2.05, 4.69) is 41.7 Å². The van der Waals surface area contributed by atoms with Gasteiger partial charge in [0.15, 0.2) is 0 Å². The number of aliphatic carboxylic acids is 1. The second kappa shape index (κ2) is 9.20. The summed E-state index contributed by atoms with van der Waals surface area (Å²) in [4.78, 5) is 11.8. The Kier molecular flexibility index (Phi) is 8.40. The molecule has 130 valence electrons. The number of hydrogen-bond donors (Lipinski definition) is 2. The number of benzene rings is 1. The Hall–Kier alpha value is -2.01. The van der Waals surface area contributed by atoms with E-state index in [0.29, 0.717) is 11.1 Å². The molecule has 1 aromatic rings. The predicted octanol–water partition coefficient (Wildman–Crippen LogP) is 1.57. The van der Waals surface area contributed by atoms with Gasteiger partial charge < -0.3 is 19.8 Å². The third kappa shape index (κ3) is 8.26. The molecule has 0 saturated carbocycles. The van der Waals surface area contributed by atoms with Crippen molar-refractivity contribution < 1.29 is 24.6 Å². The van der Waals surface area contributed by atoms with Crippen molar-refractivity contribution in [1.82, 2.24) is 0 Å². The van der Waals surface area contributed by atoms with Crippen LogP contribution in [0.1, 0.15) is 40.2 Å². The number of rotatable bonds is 4. The fourth-order valence-corrected chi connectivity index (χ4v) is 1.82. The molecule has 1 aromatic carbocycles. The first kappa shape index (κ1) is 21.0. The van der Waals surface area contributed by atoms with E-state index >= 15 is 0 Å². The van der Waals surface area contributed by atoms with Gasteiger partial charge in [-0.15, -0.1) is 0 Å². The summed E-state index contributed by atoms with van der Waals surface area (Å²) in [6.45, 7) is 11.3. The number of carbonyl (C=O) groups is 1. The molecule has 0 fully saturated rings. The minimum Gasteiger partial charge on any atom is -0.870 e. The third-order valence-electron chi connectivity index (χ3n) is 3.66. The van der Waals surface area contributed by atoms with Crippen LogP contribution >= 0.6 is 0 Å². The average molecular weight is 323 g/mol. The molecule has 0 radical (unpaired) electrons. The summed E-state index contributed by atoms with van der Waals surface area (Å²) < 4.78 is 4.80. The zero-order valence-electron chi connectivity index (χ0n) is 15.1. The van der Waals surface area contributed by atoms with Crippen LogP contribution in [0.25, 0.3) is 6.08 Å². The SMILES string of the molecule is CC(C)[NH+](C)C(C)(C)C.COc1cc(/C=C/C(=O)O)ccc1[O-]. The minimum absolute atomic E-state index is 0.206. The number of methoxy groups -OCH3 is 1. The van der Waals surface area contributed by atoms with E-state index < -0.39 is 5.97 Å². The Morgan fingerprint density at radius 2 is 1.91 bits per heavy atom. The highest BCUT2D eigenvalue weighted by atomic mass is 16.5. The first-order valence-corrected chi connectivity index (χ1v) is 7.59. The Morgan fingerprint density at radius 1 is 1.35 bits per heavy atom. The van der Waals surface area contributed by atoms with Gasteiger partial charge in [0, 0.05) is 6.08 Å². The monoisotopic (exact) mass is 323 g/mol. The summed E-state index contributed by atoms with van der Waals surface area (Å²) in [5.74, 6) is -1.05. The fraction of sp³-hybridized carbons (Fsp3) is 0.500. The summed E-state index contributed by atoms with van der Waals surface area (Å²) in [5, 5.41) is 19.5. The van der Waals surface area contributed by atoms with Crippen LogP contribution in [0.5, 0.6) is 11.5 Å². The van der Waals surface area contributed by atoms with Crippen LogP contribution in [0, 0.1) is 0 Å². The maximum atomic E-state index is 11.1. The van der Waals surface area contributed by atoms with Crippen LogP contribution in [0.15, 0.2) is 24.3 Å². The van der Waals surface area contributed by atoms with Crippen molar-refractivity contribution in [3.05, 3.63) is 29.8 Å². The lowest BCUT2D eigenvalue weighted by atomic mass is 10.1. The summed E-state index contributed by atoms with van der Waals surface area (Å²) >= 11 is 0. The van der Waals surface area contributed by atoms with Gasteiger partial charge in [-0.25, -0.2) is 4.79 Å². The van der Waals surface area contributed by atoms with Gasteiger partial charge in [-0.05, 0) is 52.3 Å². The van der Waals surface area contributed by atoms with Crippen molar-refractivity contribution in [2.24, 2.45) is 0 Å². The second-order valence-corrected chi connectivity index (χ2v) is 6.67. The molecule has 0 aliphatic heterocycles. The molecule has 0 bridgehead atoms. The van der Waals surface area contributed by atoms with Crippen LogP contribution in [-0.2, 0) is 4.79 Å². The van der Waals surface area contributed by atoms with Gasteiger partial charge in [0.05, 0.1) is 25.7 Å². The number of nitrogens with one attached hydrogen (secondary N) is 1. The molecule has 0 amide bonds. The number of ether oxygens (including phenoxy) is 1. The minimum atomic E-state index is -1.03. The lowest BCUT2D eigenvalue weighted by Crippen LogP contribution is -3.19. The van der Waals surface area contributed by atoms with Gasteiger partial charge >= 0.3 is 5.97 Å². The lowest BCUT2D eigenvalue weighted by molar-refractivity contribution is -0.948. The normalized spacial score (nSPS) is 12.7. The Labute approximate surface area is 139 Å². The first-order chi connectivity index (χ1) is 10.5. The molecule has 0 aliphatic rings. The van der Waals surface area contributed by atoms with Crippen LogP contribution in [0.2, 0.25) is 0 Å². The molecule has 0 heterocycles. The highest BCUT2D eigenvalue weighted by molar-refractivity contribution is 5.85. The zero-order chi connectivity index (χ0) is 18.2. The topological polar surface area (TPSA) is 74.0 Å². The van der Waals surface area contributed by atoms with E-state index in [4.69, 9.17) is 9.84 Å². The quantitative estimate of drug-likeness (QED) is 0.825. The van der Waals surface area contributed by atoms with Crippen molar-refractivity contribution in [2.75, 3.05) is 14.2 Å². The van der Waals surface area contributed by atoms with Gasteiger partial charge in [0.1, 0.15) is 5.75 Å². The molecule has 5 nitrogen and oxygen atoms in total. The first-order valence-electron chi connectivity index (χ1n) is 7.59. The number of carboxylic acids is 1.